The van der Waals surface area contributed by atoms with Gasteiger partial charge in [0.2, 0.25) is 0 Å². The number of nitro groups is 1. The lowest BCUT2D eigenvalue weighted by Gasteiger charge is -1.86. The molecule has 74 valence electrons. The third kappa shape index (κ3) is 6.24. The molecule has 0 aliphatic heterocycles. The van der Waals surface area contributed by atoms with Crippen molar-refractivity contribution in [2.75, 3.05) is 13.2 Å². The second kappa shape index (κ2) is 7.70. The summed E-state index contributed by atoms with van der Waals surface area (Å²) >= 11 is 1.13. The summed E-state index contributed by atoms with van der Waals surface area (Å²) in [6.45, 7) is 5.67. The first kappa shape index (κ1) is 12.1. The third-order valence-corrected chi connectivity index (χ3v) is 1.91. The summed E-state index contributed by atoms with van der Waals surface area (Å²) in [6.07, 6.45) is 0. The van der Waals surface area contributed by atoms with Crippen LogP contribution in [-0.4, -0.2) is 18.1 Å². The summed E-state index contributed by atoms with van der Waals surface area (Å²) in [5.74, 6) is 0. The van der Waals surface area contributed by atoms with Crippen LogP contribution in [0.15, 0.2) is 17.5 Å². The van der Waals surface area contributed by atoms with E-state index in [1.54, 1.807) is 11.4 Å². The van der Waals surface area contributed by atoms with Crippen molar-refractivity contribution in [3.63, 3.8) is 0 Å². The molecule has 0 amide bonds. The molecule has 0 aliphatic rings. The molecule has 0 saturated carbocycles. The predicted molar refractivity (Wildman–Crippen MR) is 53.1 cm³/mol. The molecule has 0 aliphatic carbocycles. The summed E-state index contributed by atoms with van der Waals surface area (Å²) in [4.78, 5) is 9.48. The molecule has 0 atom stereocenters. The van der Waals surface area contributed by atoms with E-state index in [9.17, 15) is 10.1 Å². The molecular weight excluding hydrogens is 190 g/mol. The van der Waals surface area contributed by atoms with Crippen molar-refractivity contribution in [1.82, 2.24) is 0 Å². The Balaban J connectivity index is 0.000000252. The molecule has 0 fully saturated rings. The summed E-state index contributed by atoms with van der Waals surface area (Å²) in [5, 5.41) is 11.8. The molecule has 1 heterocycles. The topological polar surface area (TPSA) is 52.4 Å². The summed E-state index contributed by atoms with van der Waals surface area (Å²) in [5.41, 5.74) is 0. The smallest absolute Gasteiger partial charge is 0.324 e. The van der Waals surface area contributed by atoms with Crippen LogP contribution in [0.1, 0.15) is 13.8 Å². The Morgan fingerprint density at radius 2 is 2.15 bits per heavy atom. The van der Waals surface area contributed by atoms with Gasteiger partial charge in [-0.2, -0.15) is 0 Å². The van der Waals surface area contributed by atoms with E-state index in [2.05, 4.69) is 0 Å². The van der Waals surface area contributed by atoms with Crippen LogP contribution in [0.4, 0.5) is 5.00 Å². The van der Waals surface area contributed by atoms with Crippen LogP contribution in [-0.2, 0) is 4.74 Å². The van der Waals surface area contributed by atoms with E-state index in [1.165, 1.54) is 6.07 Å². The zero-order chi connectivity index (χ0) is 10.1. The maximum Gasteiger partial charge on any atom is 0.324 e. The Bertz CT molecular complexity index is 221. The Kier molecular flexibility index (Phi) is 7.14. The molecule has 0 N–H and O–H groups in total. The van der Waals surface area contributed by atoms with Crippen molar-refractivity contribution in [2.45, 2.75) is 13.8 Å². The van der Waals surface area contributed by atoms with Crippen molar-refractivity contribution in [2.24, 2.45) is 0 Å². The van der Waals surface area contributed by atoms with E-state index >= 15 is 0 Å². The zero-order valence-corrected chi connectivity index (χ0v) is 8.54. The molecule has 0 spiro atoms. The monoisotopic (exact) mass is 203 g/mol. The second-order valence-corrected chi connectivity index (χ2v) is 2.92. The minimum atomic E-state index is -0.398. The fourth-order valence-corrected chi connectivity index (χ4v) is 1.12. The van der Waals surface area contributed by atoms with Crippen molar-refractivity contribution >= 4 is 16.3 Å². The lowest BCUT2D eigenvalue weighted by atomic mass is 10.6. The van der Waals surface area contributed by atoms with Crippen molar-refractivity contribution in [3.05, 3.63) is 27.6 Å². The Hall–Kier alpha value is -0.940. The van der Waals surface area contributed by atoms with Crippen molar-refractivity contribution in [1.29, 1.82) is 0 Å². The number of thiophene rings is 1. The fourth-order valence-electron chi connectivity index (χ4n) is 0.578. The lowest BCUT2D eigenvalue weighted by molar-refractivity contribution is -0.380. The van der Waals surface area contributed by atoms with Gasteiger partial charge in [0.15, 0.2) is 0 Å². The largest absolute Gasteiger partial charge is 0.382 e. The minimum Gasteiger partial charge on any atom is -0.382 e. The molecule has 5 heteroatoms. The van der Waals surface area contributed by atoms with Gasteiger partial charge in [-0.25, -0.2) is 0 Å². The summed E-state index contributed by atoms with van der Waals surface area (Å²) in [6, 6.07) is 3.13. The molecule has 1 aromatic heterocycles. The van der Waals surface area contributed by atoms with Gasteiger partial charge < -0.3 is 4.74 Å². The lowest BCUT2D eigenvalue weighted by Crippen LogP contribution is -1.84. The van der Waals surface area contributed by atoms with Crippen LogP contribution >= 0.6 is 11.3 Å². The van der Waals surface area contributed by atoms with E-state index in [0.29, 0.717) is 0 Å². The zero-order valence-electron chi connectivity index (χ0n) is 7.73. The highest BCUT2D eigenvalue weighted by Gasteiger charge is 2.01. The first-order valence-electron chi connectivity index (χ1n) is 3.98. The summed E-state index contributed by atoms with van der Waals surface area (Å²) < 4.78 is 4.83. The van der Waals surface area contributed by atoms with Gasteiger partial charge in [0.1, 0.15) is 0 Å². The standard InChI is InChI=1S/C4H3NO2S.C4H10O/c6-5(7)4-2-1-3-8-4;1-3-5-4-2/h1-3H;3-4H2,1-2H3. The van der Waals surface area contributed by atoms with Gasteiger partial charge in [-0.1, -0.05) is 11.3 Å². The Morgan fingerprint density at radius 3 is 2.31 bits per heavy atom. The molecule has 1 rings (SSSR count). The molecule has 0 saturated heterocycles. The van der Waals surface area contributed by atoms with E-state index in [1.807, 2.05) is 13.8 Å². The van der Waals surface area contributed by atoms with Crippen molar-refractivity contribution < 1.29 is 9.66 Å². The highest BCUT2D eigenvalue weighted by atomic mass is 32.1. The van der Waals surface area contributed by atoms with Gasteiger partial charge in [0.05, 0.1) is 4.92 Å². The van der Waals surface area contributed by atoms with E-state index in [4.69, 9.17) is 4.74 Å². The molecule has 4 nitrogen and oxygen atoms in total. The van der Waals surface area contributed by atoms with Gasteiger partial charge in [0.25, 0.3) is 0 Å². The van der Waals surface area contributed by atoms with Gasteiger partial charge in [-0.3, -0.25) is 10.1 Å². The predicted octanol–water partition coefficient (Wildman–Crippen LogP) is 2.70. The van der Waals surface area contributed by atoms with Crippen LogP contribution in [0, 0.1) is 10.1 Å². The number of ether oxygens (including phenoxy) is 1. The number of hydrogen-bond acceptors (Lipinski definition) is 4. The molecule has 0 aromatic carbocycles. The highest BCUT2D eigenvalue weighted by molar-refractivity contribution is 7.13. The average Bonchev–Trinajstić information content (AvgIpc) is 2.58. The molecule has 0 unspecified atom stereocenters. The van der Waals surface area contributed by atoms with E-state index in [-0.39, 0.29) is 5.00 Å². The van der Waals surface area contributed by atoms with Crippen LogP contribution in [0.25, 0.3) is 0 Å². The maximum absolute atomic E-state index is 9.88. The maximum atomic E-state index is 9.88. The number of nitrogens with zero attached hydrogens (tertiary/aromatic N) is 1. The average molecular weight is 203 g/mol. The number of hydrogen-bond donors (Lipinski definition) is 0. The third-order valence-electron chi connectivity index (χ3n) is 1.09. The summed E-state index contributed by atoms with van der Waals surface area (Å²) in [7, 11) is 0. The van der Waals surface area contributed by atoms with Crippen LogP contribution in [0.2, 0.25) is 0 Å². The van der Waals surface area contributed by atoms with Crippen LogP contribution < -0.4 is 0 Å². The Morgan fingerprint density at radius 1 is 1.54 bits per heavy atom. The second-order valence-electron chi connectivity index (χ2n) is 1.99. The Labute approximate surface area is 81.3 Å². The van der Waals surface area contributed by atoms with Gasteiger partial charge >= 0.3 is 5.00 Å². The van der Waals surface area contributed by atoms with Gasteiger partial charge in [-0.05, 0) is 25.3 Å². The first-order valence-corrected chi connectivity index (χ1v) is 4.86. The molecule has 1 aromatic rings. The molecule has 13 heavy (non-hydrogen) atoms. The SMILES string of the molecule is CCOCC.O=[N+]([O-])c1cccs1. The number of rotatable bonds is 3. The normalized spacial score (nSPS) is 8.77. The molecule has 0 bridgehead atoms. The van der Waals surface area contributed by atoms with Gasteiger partial charge in [0, 0.05) is 19.3 Å². The van der Waals surface area contributed by atoms with Crippen LogP contribution in [0.3, 0.4) is 0 Å². The molecular formula is C8H13NO3S. The minimum absolute atomic E-state index is 0.199. The highest BCUT2D eigenvalue weighted by Crippen LogP contribution is 2.16. The van der Waals surface area contributed by atoms with Crippen LogP contribution in [0.5, 0.6) is 0 Å². The molecule has 0 radical (unpaired) electrons. The van der Waals surface area contributed by atoms with Crippen molar-refractivity contribution in [3.8, 4) is 0 Å². The first-order chi connectivity index (χ1) is 6.22. The van der Waals surface area contributed by atoms with Gasteiger partial charge in [-0.15, -0.1) is 0 Å². The fraction of sp³-hybridized carbons (Fsp3) is 0.500. The quantitative estimate of drug-likeness (QED) is 0.560. The van der Waals surface area contributed by atoms with E-state index in [0.717, 1.165) is 24.6 Å². The van der Waals surface area contributed by atoms with E-state index < -0.39 is 4.92 Å².